The topological polar surface area (TPSA) is 185 Å². The Kier molecular flexibility index (Phi) is 12.5. The molecule has 4 aliphatic rings. The van der Waals surface area contributed by atoms with E-state index in [4.69, 9.17) is 49.1 Å². The highest BCUT2D eigenvalue weighted by Gasteiger charge is 2.58. The molecule has 2 amide bonds. The van der Waals surface area contributed by atoms with Gasteiger partial charge in [-0.3, -0.25) is 19.4 Å². The van der Waals surface area contributed by atoms with E-state index in [0.717, 1.165) is 32.3 Å². The van der Waals surface area contributed by atoms with Crippen molar-refractivity contribution in [2.45, 2.75) is 49.0 Å². The zero-order valence-electron chi connectivity index (χ0n) is 37.6. The number of benzene rings is 6. The van der Waals surface area contributed by atoms with E-state index in [0.29, 0.717) is 46.7 Å². The number of nitrogens with two attached hydrogens (primary N) is 2. The molecule has 0 bridgehead atoms. The summed E-state index contributed by atoms with van der Waals surface area (Å²) in [6, 6.07) is 44.8. The number of carbonyl (C=O) groups is 2. The van der Waals surface area contributed by atoms with Gasteiger partial charge in [0, 0.05) is 42.5 Å². The molecule has 14 nitrogen and oxygen atoms in total. The molecule has 4 atom stereocenters. The molecular formula is C52H46BBrN8O6. The Balaban J connectivity index is 0.000000154. The zero-order valence-corrected chi connectivity index (χ0v) is 39.2. The van der Waals surface area contributed by atoms with Gasteiger partial charge in [0.05, 0.1) is 13.1 Å². The van der Waals surface area contributed by atoms with Crippen molar-refractivity contribution in [1.29, 1.82) is 0 Å². The van der Waals surface area contributed by atoms with Gasteiger partial charge in [-0.25, -0.2) is 19.7 Å². The van der Waals surface area contributed by atoms with E-state index < -0.39 is 29.4 Å². The fourth-order valence-corrected chi connectivity index (χ4v) is 9.52. The van der Waals surface area contributed by atoms with Crippen molar-refractivity contribution >= 4 is 63.6 Å². The second kappa shape index (κ2) is 18.1. The molecule has 0 aromatic heterocycles. The molecule has 0 radical (unpaired) electrons. The van der Waals surface area contributed by atoms with Gasteiger partial charge < -0.3 is 31.0 Å². The van der Waals surface area contributed by atoms with Crippen LogP contribution in [0.15, 0.2) is 160 Å². The number of likely N-dealkylation sites (N-methyl/N-ethyl adjacent to an activating group) is 2. The smallest absolute Gasteiger partial charge is 0.482 e. The summed E-state index contributed by atoms with van der Waals surface area (Å²) in [4.78, 5) is 45.5. The van der Waals surface area contributed by atoms with Crippen LogP contribution < -0.4 is 26.4 Å². The van der Waals surface area contributed by atoms with Gasteiger partial charge in [0.15, 0.2) is 34.4 Å². The third kappa shape index (κ3) is 8.46. The van der Waals surface area contributed by atoms with Crippen molar-refractivity contribution in [2.75, 3.05) is 14.1 Å². The first kappa shape index (κ1) is 46.8. The van der Waals surface area contributed by atoms with Crippen LogP contribution in [0.3, 0.4) is 0 Å². The van der Waals surface area contributed by atoms with Crippen molar-refractivity contribution in [3.63, 3.8) is 0 Å². The molecule has 0 saturated heterocycles. The van der Waals surface area contributed by atoms with Gasteiger partial charge in [0.25, 0.3) is 11.8 Å². The maximum absolute atomic E-state index is 13.6. The Hall–Kier alpha value is -7.76. The summed E-state index contributed by atoms with van der Waals surface area (Å²) in [6.45, 7) is 17.9. The van der Waals surface area contributed by atoms with Gasteiger partial charge >= 0.3 is 7.12 Å². The number of halogens is 1. The Labute approximate surface area is 403 Å². The summed E-state index contributed by atoms with van der Waals surface area (Å²) in [5.41, 5.74) is 14.9. The molecule has 6 aromatic rings. The van der Waals surface area contributed by atoms with Crippen LogP contribution in [0, 0.1) is 13.1 Å². The second-order valence-electron chi connectivity index (χ2n) is 17.2. The lowest BCUT2D eigenvalue weighted by atomic mass is 9.74. The highest BCUT2D eigenvalue weighted by molar-refractivity contribution is 9.10. The maximum atomic E-state index is 13.6. The first-order chi connectivity index (χ1) is 32.5. The highest BCUT2D eigenvalue weighted by atomic mass is 79.9. The van der Waals surface area contributed by atoms with E-state index >= 15 is 0 Å². The lowest BCUT2D eigenvalue weighted by molar-refractivity contribution is -0.134. The highest BCUT2D eigenvalue weighted by Crippen LogP contribution is 2.54. The van der Waals surface area contributed by atoms with E-state index in [1.807, 2.05) is 129 Å². The predicted molar refractivity (Wildman–Crippen MR) is 265 cm³/mol. The Bertz CT molecular complexity index is 3110. The van der Waals surface area contributed by atoms with Crippen molar-refractivity contribution < 1.29 is 29.1 Å². The number of ether oxygens (including phenoxy) is 2. The third-order valence-corrected chi connectivity index (χ3v) is 13.2. The third-order valence-electron chi connectivity index (χ3n) is 12.7. The number of aliphatic imine (C=N–C) groups is 2. The fourth-order valence-electron chi connectivity index (χ4n) is 9.15. The van der Waals surface area contributed by atoms with Gasteiger partial charge in [-0.15, -0.1) is 0 Å². The first-order valence-electron chi connectivity index (χ1n) is 21.5. The summed E-state index contributed by atoms with van der Waals surface area (Å²) in [5.74, 6) is 1.38. The molecule has 340 valence electrons. The van der Waals surface area contributed by atoms with E-state index in [1.54, 1.807) is 38.4 Å². The lowest BCUT2D eigenvalue weighted by Gasteiger charge is -2.43. The Morgan fingerprint density at radius 2 is 1.07 bits per heavy atom. The number of rotatable bonds is 4. The molecule has 10 rings (SSSR count). The van der Waals surface area contributed by atoms with E-state index in [-0.39, 0.29) is 23.7 Å². The molecular weight excluding hydrogens is 923 g/mol. The Morgan fingerprint density at radius 3 is 1.54 bits per heavy atom. The monoisotopic (exact) mass is 968 g/mol. The van der Waals surface area contributed by atoms with Crippen LogP contribution in [0.25, 0.3) is 20.8 Å². The number of nitrogens with zero attached hydrogens (tertiary/aromatic N) is 6. The van der Waals surface area contributed by atoms with Gasteiger partial charge in [0.2, 0.25) is 0 Å². The van der Waals surface area contributed by atoms with Crippen LogP contribution in [0.4, 0.5) is 11.4 Å². The van der Waals surface area contributed by atoms with Crippen LogP contribution in [0.2, 0.25) is 0 Å². The summed E-state index contributed by atoms with van der Waals surface area (Å²) in [6.07, 6.45) is 0.712. The first-order valence-corrected chi connectivity index (χ1v) is 22.3. The fraction of sp³-hybridized carbons (Fsp3) is 0.192. The molecule has 16 heteroatoms. The summed E-state index contributed by atoms with van der Waals surface area (Å²) in [5, 5.41) is 17.4. The van der Waals surface area contributed by atoms with E-state index in [9.17, 15) is 9.59 Å². The largest absolute Gasteiger partial charge is 0.487 e. The zero-order chi connectivity index (χ0) is 48.6. The minimum Gasteiger partial charge on any atom is -0.482 e. The molecule has 0 aliphatic carbocycles. The number of hydrogen-bond donors (Lipinski definition) is 4. The average molecular weight is 970 g/mol. The summed E-state index contributed by atoms with van der Waals surface area (Å²) in [7, 11) is 1.81. The quantitative estimate of drug-likeness (QED) is 0.103. The van der Waals surface area contributed by atoms with Crippen LogP contribution >= 0.6 is 15.9 Å². The molecule has 2 spiro atoms. The number of hydrogen-bond acceptors (Lipinski definition) is 10. The summed E-state index contributed by atoms with van der Waals surface area (Å²) >= 11 is 3.48. The number of amides is 2. The minimum absolute atomic E-state index is 0.130. The van der Waals surface area contributed by atoms with Gasteiger partial charge in [-0.2, -0.15) is 0 Å². The normalized spacial score (nSPS) is 23.0. The standard InChI is InChI=1S/C26H22N4O2.C19H18BrN3O2.C7H6BNO2/c1-25(19-9-5-4-6-10-19)16-26(23(31)30(3)24(27)29-26)21-15-18(12-13-22(21)32-25)17-8-7-11-20(14-17)28-2;1-18(12-6-4-3-5-7-12)11-19(16(24)23(2)17(21)22-19)14-10-13(20)8-9-15(14)25-18;1-9-7-4-2-3-6(5-7)8(10)11/h4-15H,16H2,1,3H3,(H2,27,29);3-10H,11H2,1-2H3,(H2,21,22);2-5,10-11H. The molecule has 0 saturated carbocycles. The summed E-state index contributed by atoms with van der Waals surface area (Å²) < 4.78 is 13.8. The second-order valence-corrected chi connectivity index (χ2v) is 18.2. The van der Waals surface area contributed by atoms with E-state index in [2.05, 4.69) is 30.6 Å². The number of fused-ring (bicyclic) bond motifs is 4. The number of guanidine groups is 2. The Morgan fingerprint density at radius 1 is 0.618 bits per heavy atom. The maximum Gasteiger partial charge on any atom is 0.487 e. The molecule has 4 heterocycles. The van der Waals surface area contributed by atoms with Crippen molar-refractivity contribution in [1.82, 2.24) is 9.80 Å². The molecule has 6 N–H and O–H groups in total. The van der Waals surface area contributed by atoms with Gasteiger partial charge in [0.1, 0.15) is 22.7 Å². The SMILES string of the molecule is CN1C(=O)C2(CC(C)(c3ccccc3)Oc3ccc(Br)cc32)N=C1N.[C-]#[N+]c1cccc(-c2ccc3c(c2)C2(CC(C)(c4ccccc4)O3)N=C(N)N(C)C2=O)c1.[C-]#[N+]c1cccc(B(O)O)c1. The average Bonchev–Trinajstić information content (AvgIpc) is 3.69. The molecule has 0 fully saturated rings. The van der Waals surface area contributed by atoms with Gasteiger partial charge in [-0.1, -0.05) is 125 Å². The molecule has 68 heavy (non-hydrogen) atoms. The van der Waals surface area contributed by atoms with Crippen LogP contribution in [-0.4, -0.2) is 64.8 Å². The van der Waals surface area contributed by atoms with Crippen molar-refractivity contribution in [3.05, 3.63) is 195 Å². The van der Waals surface area contributed by atoms with Gasteiger partial charge in [-0.05, 0) is 78.0 Å². The van der Waals surface area contributed by atoms with Crippen LogP contribution in [0.5, 0.6) is 11.5 Å². The minimum atomic E-state index is -1.49. The van der Waals surface area contributed by atoms with Crippen molar-refractivity contribution in [3.8, 4) is 22.6 Å². The van der Waals surface area contributed by atoms with Crippen LogP contribution in [0.1, 0.15) is 48.9 Å². The van der Waals surface area contributed by atoms with E-state index in [1.165, 1.54) is 15.9 Å². The molecule has 6 aromatic carbocycles. The lowest BCUT2D eigenvalue weighted by Crippen LogP contribution is -2.49. The predicted octanol–water partition coefficient (Wildman–Crippen LogP) is 7.63. The molecule has 4 aliphatic heterocycles. The molecule has 4 unspecified atom stereocenters. The number of carbonyl (C=O) groups excluding carboxylic acids is 2. The van der Waals surface area contributed by atoms with Crippen LogP contribution in [-0.2, 0) is 31.9 Å². The van der Waals surface area contributed by atoms with Crippen molar-refractivity contribution in [2.24, 2.45) is 21.5 Å².